The van der Waals surface area contributed by atoms with Crippen LogP contribution in [0.3, 0.4) is 0 Å². The van der Waals surface area contributed by atoms with Crippen molar-refractivity contribution in [2.24, 2.45) is 0 Å². The number of carbonyl (C=O) groups is 2. The maximum absolute atomic E-state index is 14.3. The summed E-state index contributed by atoms with van der Waals surface area (Å²) in [4.78, 5) is 29.7. The lowest BCUT2D eigenvalue weighted by Gasteiger charge is -2.44. The predicted octanol–water partition coefficient (Wildman–Crippen LogP) is 4.40. The minimum atomic E-state index is -1.24. The van der Waals surface area contributed by atoms with Gasteiger partial charge in [-0.2, -0.15) is 0 Å². The zero-order chi connectivity index (χ0) is 24.5. The van der Waals surface area contributed by atoms with Gasteiger partial charge in [-0.05, 0) is 62.4 Å². The monoisotopic (exact) mass is 472 g/mol. The molecule has 182 valence electrons. The first-order valence-corrected chi connectivity index (χ1v) is 11.5. The minimum Gasteiger partial charge on any atom is -0.459 e. The number of aryl methyl sites for hydroxylation is 1. The van der Waals surface area contributed by atoms with Crippen molar-refractivity contribution in [3.63, 3.8) is 0 Å². The summed E-state index contributed by atoms with van der Waals surface area (Å²) in [5, 5.41) is 0. The number of piperazine rings is 1. The summed E-state index contributed by atoms with van der Waals surface area (Å²) in [5.41, 5.74) is 0.0333. The van der Waals surface area contributed by atoms with E-state index in [0.29, 0.717) is 50.1 Å². The molecule has 4 rings (SSSR count). The Labute approximate surface area is 198 Å². The van der Waals surface area contributed by atoms with Gasteiger partial charge in [0, 0.05) is 26.2 Å². The highest BCUT2D eigenvalue weighted by atomic mass is 19.2. The average molecular weight is 473 g/mol. The second-order valence-electron chi connectivity index (χ2n) is 9.80. The Morgan fingerprint density at radius 1 is 1.00 bits per heavy atom. The molecule has 0 bridgehead atoms. The van der Waals surface area contributed by atoms with Crippen LogP contribution < -0.4 is 0 Å². The molecule has 1 aliphatic carbocycles. The van der Waals surface area contributed by atoms with Crippen LogP contribution in [0.2, 0.25) is 0 Å². The molecule has 0 radical (unpaired) electrons. The minimum absolute atomic E-state index is 0.0817. The Bertz CT molecular complexity index is 1060. The van der Waals surface area contributed by atoms with Crippen LogP contribution in [0.5, 0.6) is 0 Å². The van der Waals surface area contributed by atoms with E-state index >= 15 is 0 Å². The summed E-state index contributed by atoms with van der Waals surface area (Å²) >= 11 is 0. The van der Waals surface area contributed by atoms with E-state index in [4.69, 9.17) is 9.47 Å². The fraction of sp³-hybridized carbons (Fsp3) is 0.462. The second kappa shape index (κ2) is 9.33. The van der Waals surface area contributed by atoms with Gasteiger partial charge in [-0.15, -0.1) is 0 Å². The number of halogens is 2. The largest absolute Gasteiger partial charge is 0.459 e. The molecule has 1 unspecified atom stereocenters. The van der Waals surface area contributed by atoms with Crippen LogP contribution in [0.15, 0.2) is 42.5 Å². The molecule has 34 heavy (non-hydrogen) atoms. The first-order valence-electron chi connectivity index (χ1n) is 11.5. The van der Waals surface area contributed by atoms with Gasteiger partial charge in [0.1, 0.15) is 17.7 Å². The predicted molar refractivity (Wildman–Crippen MR) is 122 cm³/mol. The van der Waals surface area contributed by atoms with E-state index in [-0.39, 0.29) is 6.61 Å². The van der Waals surface area contributed by atoms with Gasteiger partial charge in [0.25, 0.3) is 0 Å². The number of fused-ring (bicyclic) bond motifs is 1. The van der Waals surface area contributed by atoms with Gasteiger partial charge >= 0.3 is 12.1 Å². The molecule has 8 heteroatoms. The number of rotatable bonds is 4. The smallest absolute Gasteiger partial charge is 0.410 e. The Balaban J connectivity index is 1.59. The van der Waals surface area contributed by atoms with Crippen LogP contribution in [0.1, 0.15) is 43.9 Å². The number of hydrogen-bond acceptors (Lipinski definition) is 5. The highest BCUT2D eigenvalue weighted by Crippen LogP contribution is 2.44. The number of esters is 1. The van der Waals surface area contributed by atoms with E-state index in [1.807, 2.05) is 56.0 Å². The van der Waals surface area contributed by atoms with E-state index in [1.54, 1.807) is 4.90 Å². The summed E-state index contributed by atoms with van der Waals surface area (Å²) in [6.07, 6.45) is 0.373. The molecule has 6 nitrogen and oxygen atoms in total. The second-order valence-corrected chi connectivity index (χ2v) is 9.80. The molecule has 2 aromatic rings. The SMILES string of the molecule is CC(C)(C)OC(=O)N1CCN(C2(C(=O)OCc3ccccc3)CCc3cc(F)c(F)cc32)CC1. The molecular weight excluding hydrogens is 442 g/mol. The van der Waals surface area contributed by atoms with Gasteiger partial charge in [0.05, 0.1) is 0 Å². The lowest BCUT2D eigenvalue weighted by molar-refractivity contribution is -0.162. The summed E-state index contributed by atoms with van der Waals surface area (Å²) in [6, 6.07) is 11.6. The van der Waals surface area contributed by atoms with Crippen molar-refractivity contribution in [1.82, 2.24) is 9.80 Å². The molecule has 0 spiro atoms. The number of carbonyl (C=O) groups excluding carboxylic acids is 2. The first kappa shape index (κ1) is 24.1. The fourth-order valence-corrected chi connectivity index (χ4v) is 4.74. The van der Waals surface area contributed by atoms with Crippen molar-refractivity contribution >= 4 is 12.1 Å². The van der Waals surface area contributed by atoms with Crippen LogP contribution in [0, 0.1) is 11.6 Å². The summed E-state index contributed by atoms with van der Waals surface area (Å²) in [5.74, 6) is -2.41. The summed E-state index contributed by atoms with van der Waals surface area (Å²) < 4.78 is 39.5. The summed E-state index contributed by atoms with van der Waals surface area (Å²) in [7, 11) is 0. The zero-order valence-electron chi connectivity index (χ0n) is 19.8. The lowest BCUT2D eigenvalue weighted by Crippen LogP contribution is -2.59. The Kier molecular flexibility index (Phi) is 6.62. The molecule has 0 aromatic heterocycles. The Morgan fingerprint density at radius 2 is 1.65 bits per heavy atom. The average Bonchev–Trinajstić information content (AvgIpc) is 3.16. The van der Waals surface area contributed by atoms with Gasteiger partial charge in [0.15, 0.2) is 11.6 Å². The molecular formula is C26H30F2N2O4. The fourth-order valence-electron chi connectivity index (χ4n) is 4.74. The lowest BCUT2D eigenvalue weighted by atomic mass is 9.88. The third kappa shape index (κ3) is 4.78. The number of benzene rings is 2. The highest BCUT2D eigenvalue weighted by molar-refractivity contribution is 5.84. The van der Waals surface area contributed by atoms with Crippen molar-refractivity contribution in [2.75, 3.05) is 26.2 Å². The molecule has 0 N–H and O–H groups in total. The quantitative estimate of drug-likeness (QED) is 0.618. The molecule has 1 atom stereocenters. The third-order valence-corrected chi connectivity index (χ3v) is 6.37. The van der Waals surface area contributed by atoms with Crippen molar-refractivity contribution in [3.05, 3.63) is 70.8 Å². The van der Waals surface area contributed by atoms with Crippen LogP contribution in [0.4, 0.5) is 13.6 Å². The van der Waals surface area contributed by atoms with E-state index < -0.39 is 34.8 Å². The maximum atomic E-state index is 14.3. The molecule has 1 aliphatic heterocycles. The highest BCUT2D eigenvalue weighted by Gasteiger charge is 2.52. The molecule has 1 heterocycles. The topological polar surface area (TPSA) is 59.1 Å². The third-order valence-electron chi connectivity index (χ3n) is 6.37. The zero-order valence-corrected chi connectivity index (χ0v) is 19.8. The van der Waals surface area contributed by atoms with Gasteiger partial charge in [-0.1, -0.05) is 30.3 Å². The molecule has 1 amide bonds. The van der Waals surface area contributed by atoms with Crippen LogP contribution in [-0.4, -0.2) is 53.6 Å². The first-order chi connectivity index (χ1) is 16.1. The van der Waals surface area contributed by atoms with Crippen molar-refractivity contribution in [2.45, 2.75) is 51.4 Å². The maximum Gasteiger partial charge on any atom is 0.410 e. The molecule has 2 aliphatic rings. The van der Waals surface area contributed by atoms with Crippen LogP contribution in [-0.2, 0) is 32.8 Å². The summed E-state index contributed by atoms with van der Waals surface area (Å²) in [6.45, 7) is 6.95. The van der Waals surface area contributed by atoms with Gasteiger partial charge in [-0.25, -0.2) is 18.4 Å². The van der Waals surface area contributed by atoms with Gasteiger partial charge in [0.2, 0.25) is 0 Å². The van der Waals surface area contributed by atoms with E-state index in [2.05, 4.69) is 0 Å². The standard InChI is InChI=1S/C26H30F2N2O4/c1-25(2,3)34-24(32)29-11-13-30(14-12-29)26(23(31)33-17-18-7-5-4-6-8-18)10-9-19-15-21(27)22(28)16-20(19)26/h4-8,15-16H,9-14,17H2,1-3H3. The molecule has 0 saturated carbocycles. The van der Waals surface area contributed by atoms with E-state index in [1.165, 1.54) is 6.07 Å². The van der Waals surface area contributed by atoms with E-state index in [0.717, 1.165) is 11.6 Å². The van der Waals surface area contributed by atoms with Crippen molar-refractivity contribution < 1.29 is 27.8 Å². The normalized spacial score (nSPS) is 20.7. The van der Waals surface area contributed by atoms with Gasteiger partial charge < -0.3 is 14.4 Å². The van der Waals surface area contributed by atoms with Crippen LogP contribution in [0.25, 0.3) is 0 Å². The molecule has 1 saturated heterocycles. The van der Waals surface area contributed by atoms with Crippen LogP contribution >= 0.6 is 0 Å². The van der Waals surface area contributed by atoms with E-state index in [9.17, 15) is 18.4 Å². The van der Waals surface area contributed by atoms with Gasteiger partial charge in [-0.3, -0.25) is 4.90 Å². The Hall–Kier alpha value is -3.00. The number of hydrogen-bond donors (Lipinski definition) is 0. The van der Waals surface area contributed by atoms with Crippen molar-refractivity contribution in [3.8, 4) is 0 Å². The van der Waals surface area contributed by atoms with Crippen molar-refractivity contribution in [1.29, 1.82) is 0 Å². The molecule has 2 aromatic carbocycles. The number of nitrogens with zero attached hydrogens (tertiary/aromatic N) is 2. The number of ether oxygens (including phenoxy) is 2. The molecule has 1 fully saturated rings. The Morgan fingerprint density at radius 3 is 2.29 bits per heavy atom. The number of amides is 1.